The summed E-state index contributed by atoms with van der Waals surface area (Å²) in [5.74, 6) is 1.19. The van der Waals surface area contributed by atoms with E-state index in [4.69, 9.17) is 0 Å². The quantitative estimate of drug-likeness (QED) is 0.586. The molecule has 0 fully saturated rings. The van der Waals surface area contributed by atoms with Gasteiger partial charge in [-0.1, -0.05) is 6.92 Å². The number of hydrogen-bond donors (Lipinski definition) is 1. The van der Waals surface area contributed by atoms with E-state index < -0.39 is 0 Å². The first kappa shape index (κ1) is 13.0. The zero-order valence-electron chi connectivity index (χ0n) is 9.61. The summed E-state index contributed by atoms with van der Waals surface area (Å²) < 4.78 is 0. The minimum absolute atomic E-state index is 0.163. The number of aromatic nitrogens is 1. The lowest BCUT2D eigenvalue weighted by Crippen LogP contribution is -2.24. The molecule has 0 radical (unpaired) electrons. The van der Waals surface area contributed by atoms with Crippen LogP contribution in [0, 0.1) is 0 Å². The highest BCUT2D eigenvalue weighted by Crippen LogP contribution is 2.16. The molecule has 16 heavy (non-hydrogen) atoms. The van der Waals surface area contributed by atoms with Gasteiger partial charge in [0, 0.05) is 30.3 Å². The highest BCUT2D eigenvalue weighted by atomic mass is 32.2. The molecule has 1 aromatic rings. The molecule has 1 aromatic heterocycles. The van der Waals surface area contributed by atoms with Crippen molar-refractivity contribution in [1.82, 2.24) is 10.3 Å². The standard InChI is InChI=1S/C12H18N2OS/c1-2-4-12(15)14-7-3-10-16-11-5-8-13-9-6-11/h5-6,8-9H,2-4,7,10H2,1H3,(H,14,15). The molecular weight excluding hydrogens is 220 g/mol. The Hall–Kier alpha value is -1.03. The van der Waals surface area contributed by atoms with E-state index in [-0.39, 0.29) is 5.91 Å². The molecule has 3 nitrogen and oxygen atoms in total. The molecule has 0 aliphatic rings. The molecule has 1 N–H and O–H groups in total. The zero-order valence-corrected chi connectivity index (χ0v) is 10.4. The van der Waals surface area contributed by atoms with Crippen LogP contribution in [0.5, 0.6) is 0 Å². The molecule has 0 spiro atoms. The van der Waals surface area contributed by atoms with Gasteiger partial charge < -0.3 is 5.32 Å². The van der Waals surface area contributed by atoms with Crippen molar-refractivity contribution in [3.8, 4) is 0 Å². The Kier molecular flexibility index (Phi) is 6.65. The molecule has 0 aliphatic heterocycles. The van der Waals surface area contributed by atoms with Gasteiger partial charge in [0.25, 0.3) is 0 Å². The van der Waals surface area contributed by atoms with Gasteiger partial charge in [-0.15, -0.1) is 11.8 Å². The summed E-state index contributed by atoms with van der Waals surface area (Å²) in [6.07, 6.45) is 6.15. The molecule has 88 valence electrons. The molecule has 0 aromatic carbocycles. The van der Waals surface area contributed by atoms with Gasteiger partial charge in [0.2, 0.25) is 5.91 Å². The topological polar surface area (TPSA) is 42.0 Å². The third kappa shape index (κ3) is 5.75. The van der Waals surface area contributed by atoms with E-state index in [0.29, 0.717) is 6.42 Å². The van der Waals surface area contributed by atoms with Crippen molar-refractivity contribution in [1.29, 1.82) is 0 Å². The predicted molar refractivity (Wildman–Crippen MR) is 67.5 cm³/mol. The Morgan fingerprint density at radius 1 is 1.44 bits per heavy atom. The maximum absolute atomic E-state index is 11.2. The number of nitrogens with zero attached hydrogens (tertiary/aromatic N) is 1. The first-order valence-electron chi connectivity index (χ1n) is 5.62. The Morgan fingerprint density at radius 3 is 2.88 bits per heavy atom. The van der Waals surface area contributed by atoms with Crippen LogP contribution >= 0.6 is 11.8 Å². The van der Waals surface area contributed by atoms with E-state index in [0.717, 1.165) is 25.1 Å². The summed E-state index contributed by atoms with van der Waals surface area (Å²) in [5, 5.41) is 2.91. The van der Waals surface area contributed by atoms with Gasteiger partial charge in [-0.25, -0.2) is 0 Å². The molecule has 0 saturated heterocycles. The highest BCUT2D eigenvalue weighted by molar-refractivity contribution is 7.99. The molecule has 1 rings (SSSR count). The van der Waals surface area contributed by atoms with Crippen molar-refractivity contribution < 1.29 is 4.79 Å². The lowest BCUT2D eigenvalue weighted by molar-refractivity contribution is -0.121. The fourth-order valence-electron chi connectivity index (χ4n) is 1.24. The van der Waals surface area contributed by atoms with Crippen LogP contribution in [-0.4, -0.2) is 23.2 Å². The first-order valence-corrected chi connectivity index (χ1v) is 6.61. The van der Waals surface area contributed by atoms with E-state index in [9.17, 15) is 4.79 Å². The zero-order chi connectivity index (χ0) is 11.6. The second-order valence-corrected chi connectivity index (χ2v) is 4.65. The van der Waals surface area contributed by atoms with E-state index in [1.807, 2.05) is 19.1 Å². The summed E-state index contributed by atoms with van der Waals surface area (Å²) in [6, 6.07) is 4.00. The average molecular weight is 238 g/mol. The molecule has 1 heterocycles. The van der Waals surface area contributed by atoms with Gasteiger partial charge in [-0.3, -0.25) is 9.78 Å². The maximum atomic E-state index is 11.2. The van der Waals surface area contributed by atoms with Crippen molar-refractivity contribution in [3.05, 3.63) is 24.5 Å². The molecule has 0 aliphatic carbocycles. The van der Waals surface area contributed by atoms with Crippen LogP contribution in [0.3, 0.4) is 0 Å². The highest BCUT2D eigenvalue weighted by Gasteiger charge is 1.98. The van der Waals surface area contributed by atoms with Crippen molar-refractivity contribution >= 4 is 17.7 Å². The Bertz CT molecular complexity index is 303. The molecule has 0 bridgehead atoms. The second-order valence-electron chi connectivity index (χ2n) is 3.48. The second kappa shape index (κ2) is 8.16. The Balaban J connectivity index is 2.02. The SMILES string of the molecule is CCCC(=O)NCCCSc1ccncc1. The first-order chi connectivity index (χ1) is 7.83. The van der Waals surface area contributed by atoms with Crippen LogP contribution in [0.1, 0.15) is 26.2 Å². The van der Waals surface area contributed by atoms with Crippen molar-refractivity contribution in [2.24, 2.45) is 0 Å². The van der Waals surface area contributed by atoms with Crippen LogP contribution in [0.15, 0.2) is 29.4 Å². The van der Waals surface area contributed by atoms with Gasteiger partial charge in [-0.05, 0) is 30.7 Å². The third-order valence-electron chi connectivity index (χ3n) is 2.04. The molecule has 0 saturated carbocycles. The third-order valence-corrected chi connectivity index (χ3v) is 3.14. The number of nitrogens with one attached hydrogen (secondary N) is 1. The molecule has 0 unspecified atom stereocenters. The van der Waals surface area contributed by atoms with Gasteiger partial charge in [-0.2, -0.15) is 0 Å². The summed E-state index contributed by atoms with van der Waals surface area (Å²) >= 11 is 1.79. The van der Waals surface area contributed by atoms with Crippen LogP contribution in [0.2, 0.25) is 0 Å². The van der Waals surface area contributed by atoms with E-state index >= 15 is 0 Å². The van der Waals surface area contributed by atoms with Gasteiger partial charge in [0.15, 0.2) is 0 Å². The van der Waals surface area contributed by atoms with Crippen LogP contribution in [0.4, 0.5) is 0 Å². The average Bonchev–Trinajstić information content (AvgIpc) is 2.30. The van der Waals surface area contributed by atoms with Crippen molar-refractivity contribution in [2.75, 3.05) is 12.3 Å². The monoisotopic (exact) mass is 238 g/mol. The minimum atomic E-state index is 0.163. The van der Waals surface area contributed by atoms with Crippen molar-refractivity contribution in [3.63, 3.8) is 0 Å². The number of carbonyl (C=O) groups is 1. The number of rotatable bonds is 7. The molecular formula is C12H18N2OS. The number of carbonyl (C=O) groups excluding carboxylic acids is 1. The molecule has 1 amide bonds. The number of hydrogen-bond acceptors (Lipinski definition) is 3. The number of amides is 1. The largest absolute Gasteiger partial charge is 0.356 e. The van der Waals surface area contributed by atoms with E-state index in [1.54, 1.807) is 24.2 Å². The van der Waals surface area contributed by atoms with Gasteiger partial charge in [0.05, 0.1) is 0 Å². The van der Waals surface area contributed by atoms with Crippen LogP contribution < -0.4 is 5.32 Å². The molecule has 0 atom stereocenters. The smallest absolute Gasteiger partial charge is 0.219 e. The fraction of sp³-hybridized carbons (Fsp3) is 0.500. The summed E-state index contributed by atoms with van der Waals surface area (Å²) in [7, 11) is 0. The van der Waals surface area contributed by atoms with Crippen molar-refractivity contribution in [2.45, 2.75) is 31.1 Å². The number of thioether (sulfide) groups is 1. The maximum Gasteiger partial charge on any atom is 0.219 e. The van der Waals surface area contributed by atoms with Crippen LogP contribution in [-0.2, 0) is 4.79 Å². The van der Waals surface area contributed by atoms with E-state index in [1.165, 1.54) is 4.90 Å². The Morgan fingerprint density at radius 2 is 2.19 bits per heavy atom. The van der Waals surface area contributed by atoms with Crippen LogP contribution in [0.25, 0.3) is 0 Å². The predicted octanol–water partition coefficient (Wildman–Crippen LogP) is 2.48. The van der Waals surface area contributed by atoms with Gasteiger partial charge >= 0.3 is 0 Å². The fourth-order valence-corrected chi connectivity index (χ4v) is 2.08. The lowest BCUT2D eigenvalue weighted by atomic mass is 10.3. The van der Waals surface area contributed by atoms with Gasteiger partial charge in [0.1, 0.15) is 0 Å². The van der Waals surface area contributed by atoms with E-state index in [2.05, 4.69) is 10.3 Å². The molecule has 4 heteroatoms. The summed E-state index contributed by atoms with van der Waals surface area (Å²) in [6.45, 7) is 2.79. The summed E-state index contributed by atoms with van der Waals surface area (Å²) in [5.41, 5.74) is 0. The lowest BCUT2D eigenvalue weighted by Gasteiger charge is -2.04. The number of pyridine rings is 1. The summed E-state index contributed by atoms with van der Waals surface area (Å²) in [4.78, 5) is 16.3. The Labute approximate surface area is 101 Å². The normalized spacial score (nSPS) is 10.1. The minimum Gasteiger partial charge on any atom is -0.356 e.